The summed E-state index contributed by atoms with van der Waals surface area (Å²) in [7, 11) is 1.68. The number of rotatable bonds is 5. The molecule has 1 saturated heterocycles. The van der Waals surface area contributed by atoms with Crippen molar-refractivity contribution in [3.63, 3.8) is 0 Å². The summed E-state index contributed by atoms with van der Waals surface area (Å²) in [5, 5.41) is 19.8. The van der Waals surface area contributed by atoms with Gasteiger partial charge in [0, 0.05) is 35.8 Å². The summed E-state index contributed by atoms with van der Waals surface area (Å²) in [6, 6.07) is 9.45. The second-order valence-electron chi connectivity index (χ2n) is 6.34. The van der Waals surface area contributed by atoms with Crippen LogP contribution in [0.5, 0.6) is 5.75 Å². The van der Waals surface area contributed by atoms with Gasteiger partial charge in [-0.05, 0) is 53.6 Å². The number of nitrogens with one attached hydrogen (secondary N) is 1. The summed E-state index contributed by atoms with van der Waals surface area (Å²) >= 11 is 6.28. The predicted molar refractivity (Wildman–Crippen MR) is 96.8 cm³/mol. The maximum Gasteiger partial charge on any atom is 0.200 e. The molecule has 0 atom stereocenters. The average Bonchev–Trinajstić information content (AvgIpc) is 3.15. The van der Waals surface area contributed by atoms with E-state index in [1.165, 1.54) is 4.63 Å². The first-order chi connectivity index (χ1) is 12.7. The Hall–Kier alpha value is -2.45. The fourth-order valence-corrected chi connectivity index (χ4v) is 3.57. The predicted octanol–water partition coefficient (Wildman–Crippen LogP) is 2.34. The van der Waals surface area contributed by atoms with Gasteiger partial charge in [-0.1, -0.05) is 11.6 Å². The third-order valence-corrected chi connectivity index (χ3v) is 5.10. The van der Waals surface area contributed by atoms with Crippen molar-refractivity contribution in [2.45, 2.75) is 18.3 Å². The van der Waals surface area contributed by atoms with Crippen LogP contribution >= 0.6 is 11.6 Å². The summed E-state index contributed by atoms with van der Waals surface area (Å²) in [6.45, 7) is 2.06. The maximum atomic E-state index is 6.28. The minimum atomic E-state index is -0.161. The first-order valence-corrected chi connectivity index (χ1v) is 8.79. The molecular weight excluding hydrogens is 356 g/mol. The van der Waals surface area contributed by atoms with Gasteiger partial charge in [0.1, 0.15) is 11.6 Å². The van der Waals surface area contributed by atoms with E-state index in [0.717, 1.165) is 24.2 Å². The molecule has 2 aromatic heterocycles. The Morgan fingerprint density at radius 3 is 2.92 bits per heavy atom. The van der Waals surface area contributed by atoms with Crippen molar-refractivity contribution in [1.29, 1.82) is 0 Å². The maximum absolute atomic E-state index is 6.28. The molecule has 1 aliphatic rings. The zero-order valence-electron chi connectivity index (χ0n) is 14.4. The molecule has 3 aromatic rings. The molecule has 0 bridgehead atoms. The molecule has 4 rings (SSSR count). The van der Waals surface area contributed by atoms with Gasteiger partial charge in [-0.3, -0.25) is 0 Å². The number of benzene rings is 1. The van der Waals surface area contributed by atoms with Crippen molar-refractivity contribution in [2.24, 2.45) is 0 Å². The molecule has 26 heavy (non-hydrogen) atoms. The number of methoxy groups -OCH3 is 1. The second kappa shape index (κ2) is 7.05. The molecule has 0 spiro atoms. The van der Waals surface area contributed by atoms with Crippen molar-refractivity contribution >= 4 is 23.1 Å². The Morgan fingerprint density at radius 1 is 1.27 bits per heavy atom. The number of nitrogens with zero attached hydrogens (tertiary/aromatic N) is 5. The van der Waals surface area contributed by atoms with Crippen LogP contribution in [0.15, 0.2) is 30.3 Å². The number of hydrogen-bond donors (Lipinski definition) is 1. The molecule has 0 aliphatic carbocycles. The molecule has 1 aromatic carbocycles. The van der Waals surface area contributed by atoms with Crippen molar-refractivity contribution in [1.82, 2.24) is 25.3 Å². The molecule has 136 valence electrons. The van der Waals surface area contributed by atoms with E-state index < -0.39 is 0 Å². The molecular formula is C17H19ClN6O2. The highest BCUT2D eigenvalue weighted by Gasteiger charge is 2.37. The van der Waals surface area contributed by atoms with Crippen molar-refractivity contribution in [3.05, 3.63) is 40.9 Å². The minimum absolute atomic E-state index is 0.161. The molecule has 0 saturated carbocycles. The number of hydrogen-bond acceptors (Lipinski definition) is 7. The average molecular weight is 375 g/mol. The van der Waals surface area contributed by atoms with Crippen LogP contribution in [-0.4, -0.2) is 52.1 Å². The summed E-state index contributed by atoms with van der Waals surface area (Å²) < 4.78 is 12.6. The number of halogens is 1. The summed E-state index contributed by atoms with van der Waals surface area (Å²) in [5.41, 5.74) is 1.53. The lowest BCUT2D eigenvalue weighted by molar-refractivity contribution is 0.0535. The molecule has 8 nitrogen and oxygen atoms in total. The van der Waals surface area contributed by atoms with Gasteiger partial charge in [-0.15, -0.1) is 14.8 Å². The zero-order valence-corrected chi connectivity index (χ0v) is 15.1. The van der Waals surface area contributed by atoms with E-state index in [-0.39, 0.29) is 5.41 Å². The molecule has 1 N–H and O–H groups in total. The number of aromatic nitrogens is 5. The topological polar surface area (TPSA) is 86.5 Å². The third kappa shape index (κ3) is 3.17. The van der Waals surface area contributed by atoms with Crippen LogP contribution in [0.3, 0.4) is 0 Å². The molecule has 0 radical (unpaired) electrons. The monoisotopic (exact) mass is 374 g/mol. The fourth-order valence-electron chi connectivity index (χ4n) is 3.40. The Morgan fingerprint density at radius 2 is 2.12 bits per heavy atom. The van der Waals surface area contributed by atoms with E-state index >= 15 is 0 Å². The fraction of sp³-hybridized carbons (Fsp3) is 0.412. The SMILES string of the molecule is COc1ccc(Cl)cc1C1(CNc2ccc3nnnn3n2)CCOCC1. The van der Waals surface area contributed by atoms with Crippen LogP contribution < -0.4 is 10.1 Å². The smallest absolute Gasteiger partial charge is 0.200 e. The standard InChI is InChI=1S/C17H19ClN6O2/c1-25-14-3-2-12(18)10-13(14)17(6-8-26-9-7-17)11-19-15-4-5-16-20-22-23-24(16)21-15/h2-5,10H,6-9,11H2,1H3,(H,19,21). The van der Waals surface area contributed by atoms with Gasteiger partial charge in [-0.2, -0.15) is 0 Å². The normalized spacial score (nSPS) is 16.5. The molecule has 0 unspecified atom stereocenters. The lowest BCUT2D eigenvalue weighted by Crippen LogP contribution is -2.40. The van der Waals surface area contributed by atoms with Gasteiger partial charge in [0.25, 0.3) is 0 Å². The largest absolute Gasteiger partial charge is 0.496 e. The van der Waals surface area contributed by atoms with Crippen LogP contribution in [0.2, 0.25) is 5.02 Å². The lowest BCUT2D eigenvalue weighted by Gasteiger charge is -2.38. The number of anilines is 1. The van der Waals surface area contributed by atoms with E-state index in [9.17, 15) is 0 Å². The molecule has 0 amide bonds. The Balaban J connectivity index is 1.65. The van der Waals surface area contributed by atoms with Crippen molar-refractivity contribution < 1.29 is 9.47 Å². The number of fused-ring (bicyclic) bond motifs is 1. The molecule has 3 heterocycles. The summed E-state index contributed by atoms with van der Waals surface area (Å²) in [5.74, 6) is 1.54. The van der Waals surface area contributed by atoms with E-state index in [0.29, 0.717) is 36.2 Å². The summed E-state index contributed by atoms with van der Waals surface area (Å²) in [6.07, 6.45) is 1.73. The van der Waals surface area contributed by atoms with Gasteiger partial charge in [0.2, 0.25) is 0 Å². The van der Waals surface area contributed by atoms with Crippen LogP contribution in [0.1, 0.15) is 18.4 Å². The number of tetrazole rings is 1. The first-order valence-electron chi connectivity index (χ1n) is 8.41. The second-order valence-corrected chi connectivity index (χ2v) is 6.77. The highest BCUT2D eigenvalue weighted by Crippen LogP contribution is 2.41. The summed E-state index contributed by atoms with van der Waals surface area (Å²) in [4.78, 5) is 0. The Bertz CT molecular complexity index is 909. The van der Waals surface area contributed by atoms with E-state index in [4.69, 9.17) is 21.1 Å². The zero-order chi connectivity index (χ0) is 18.0. The van der Waals surface area contributed by atoms with Crippen LogP contribution in [0.25, 0.3) is 5.65 Å². The van der Waals surface area contributed by atoms with Gasteiger partial charge < -0.3 is 14.8 Å². The van der Waals surface area contributed by atoms with Gasteiger partial charge in [-0.25, -0.2) is 0 Å². The van der Waals surface area contributed by atoms with Crippen molar-refractivity contribution in [3.8, 4) is 5.75 Å². The van der Waals surface area contributed by atoms with E-state index in [1.807, 2.05) is 30.3 Å². The molecule has 1 aliphatic heterocycles. The van der Waals surface area contributed by atoms with Crippen molar-refractivity contribution in [2.75, 3.05) is 32.2 Å². The number of ether oxygens (including phenoxy) is 2. The first kappa shape index (κ1) is 17.0. The van der Waals surface area contributed by atoms with Crippen LogP contribution in [0, 0.1) is 0 Å². The van der Waals surface area contributed by atoms with Gasteiger partial charge in [0.05, 0.1) is 7.11 Å². The van der Waals surface area contributed by atoms with Gasteiger partial charge in [0.15, 0.2) is 5.65 Å². The van der Waals surface area contributed by atoms with E-state index in [2.05, 4.69) is 25.9 Å². The van der Waals surface area contributed by atoms with E-state index in [1.54, 1.807) is 7.11 Å². The van der Waals surface area contributed by atoms with Gasteiger partial charge >= 0.3 is 0 Å². The third-order valence-electron chi connectivity index (χ3n) is 4.86. The Labute approximate surface area is 155 Å². The minimum Gasteiger partial charge on any atom is -0.496 e. The highest BCUT2D eigenvalue weighted by molar-refractivity contribution is 6.30. The Kier molecular flexibility index (Phi) is 4.60. The quantitative estimate of drug-likeness (QED) is 0.733. The molecule has 9 heteroatoms. The molecule has 1 fully saturated rings. The highest BCUT2D eigenvalue weighted by atomic mass is 35.5. The van der Waals surface area contributed by atoms with Crippen LogP contribution in [0.4, 0.5) is 5.82 Å². The van der Waals surface area contributed by atoms with Crippen LogP contribution in [-0.2, 0) is 10.2 Å². The lowest BCUT2D eigenvalue weighted by atomic mass is 9.73.